The van der Waals surface area contributed by atoms with Gasteiger partial charge in [0.25, 0.3) is 5.78 Å². The summed E-state index contributed by atoms with van der Waals surface area (Å²) < 4.78 is 14.3. The molecule has 1 atom stereocenters. The predicted molar refractivity (Wildman–Crippen MR) is 127 cm³/mol. The van der Waals surface area contributed by atoms with Crippen molar-refractivity contribution in [3.05, 3.63) is 99.8 Å². The normalized spacial score (nSPS) is 17.8. The number of aromatic nitrogens is 1. The highest BCUT2D eigenvalue weighted by atomic mass is 35.5. The van der Waals surface area contributed by atoms with Crippen molar-refractivity contribution in [1.29, 1.82) is 0 Å². The Balaban J connectivity index is 1.74. The molecule has 1 saturated heterocycles. The maximum Gasteiger partial charge on any atom is 0.301 e. The summed E-state index contributed by atoms with van der Waals surface area (Å²) in [5.74, 6) is -2.37. The lowest BCUT2D eigenvalue weighted by Gasteiger charge is -2.23. The van der Waals surface area contributed by atoms with Crippen LogP contribution < -0.4 is 4.90 Å². The number of hydrogen-bond donors (Lipinski definition) is 1. The van der Waals surface area contributed by atoms with E-state index in [-0.39, 0.29) is 16.5 Å². The molecule has 1 aliphatic heterocycles. The van der Waals surface area contributed by atoms with E-state index >= 15 is 0 Å². The Morgan fingerprint density at radius 1 is 1.09 bits per heavy atom. The first kappa shape index (κ1) is 21.3. The SMILES string of the molecule is Cc1ccc(C(O)=C2C(=O)C(=O)N(c3nc4ccc(F)cc4s3)[C@@H]2c2cccc(Cl)c2)cc1. The molecule has 0 saturated carbocycles. The molecule has 1 aromatic heterocycles. The van der Waals surface area contributed by atoms with Crippen molar-refractivity contribution < 1.29 is 19.1 Å². The molecule has 0 bridgehead atoms. The summed E-state index contributed by atoms with van der Waals surface area (Å²) in [6.07, 6.45) is 0. The van der Waals surface area contributed by atoms with E-state index in [9.17, 15) is 19.1 Å². The van der Waals surface area contributed by atoms with Gasteiger partial charge in [0.2, 0.25) is 0 Å². The van der Waals surface area contributed by atoms with Gasteiger partial charge in [-0.15, -0.1) is 0 Å². The van der Waals surface area contributed by atoms with E-state index in [2.05, 4.69) is 4.98 Å². The van der Waals surface area contributed by atoms with Crippen LogP contribution in [0, 0.1) is 12.7 Å². The van der Waals surface area contributed by atoms with Gasteiger partial charge in [0.15, 0.2) is 5.13 Å². The number of aliphatic hydroxyl groups excluding tert-OH is 1. The maximum atomic E-state index is 13.7. The number of anilines is 1. The number of benzene rings is 3. The summed E-state index contributed by atoms with van der Waals surface area (Å²) in [6, 6.07) is 16.9. The molecule has 4 aromatic rings. The standard InChI is InChI=1S/C25H16ClFN2O3S/c1-13-5-7-14(8-6-13)22(30)20-21(15-3-2-4-16(26)11-15)29(24(32)23(20)31)25-28-18-10-9-17(27)12-19(18)33-25/h2-12,21,30H,1H3/t21-/m1/s1. The Morgan fingerprint density at radius 2 is 1.85 bits per heavy atom. The molecule has 1 aliphatic rings. The minimum absolute atomic E-state index is 0.0587. The minimum Gasteiger partial charge on any atom is -0.507 e. The van der Waals surface area contributed by atoms with Crippen LogP contribution in [0.2, 0.25) is 5.02 Å². The van der Waals surface area contributed by atoms with Gasteiger partial charge in [0.1, 0.15) is 11.6 Å². The number of rotatable bonds is 3. The van der Waals surface area contributed by atoms with Crippen molar-refractivity contribution in [2.24, 2.45) is 0 Å². The van der Waals surface area contributed by atoms with Gasteiger partial charge < -0.3 is 5.11 Å². The highest BCUT2D eigenvalue weighted by Crippen LogP contribution is 2.44. The molecule has 0 spiro atoms. The number of hydrogen-bond acceptors (Lipinski definition) is 5. The second-order valence-electron chi connectivity index (χ2n) is 7.70. The van der Waals surface area contributed by atoms with Crippen LogP contribution in [0.1, 0.15) is 22.7 Å². The fourth-order valence-corrected chi connectivity index (χ4v) is 5.09. The highest BCUT2D eigenvalue weighted by molar-refractivity contribution is 7.22. The maximum absolute atomic E-state index is 13.7. The molecule has 5 nitrogen and oxygen atoms in total. The van der Waals surface area contributed by atoms with Crippen molar-refractivity contribution in [3.8, 4) is 0 Å². The number of carbonyl (C=O) groups is 2. The Kier molecular flexibility index (Phi) is 5.23. The quantitative estimate of drug-likeness (QED) is 0.222. The molecule has 164 valence electrons. The van der Waals surface area contributed by atoms with Crippen molar-refractivity contribution >= 4 is 55.7 Å². The average molecular weight is 479 g/mol. The van der Waals surface area contributed by atoms with Crippen LogP contribution in [0.15, 0.2) is 72.3 Å². The lowest BCUT2D eigenvalue weighted by Crippen LogP contribution is -2.29. The third-order valence-electron chi connectivity index (χ3n) is 5.48. The number of ketones is 1. The Labute approximate surface area is 197 Å². The van der Waals surface area contributed by atoms with Crippen LogP contribution in [0.5, 0.6) is 0 Å². The monoisotopic (exact) mass is 478 g/mol. The largest absolute Gasteiger partial charge is 0.507 e. The van der Waals surface area contributed by atoms with Gasteiger partial charge in [-0.3, -0.25) is 14.5 Å². The predicted octanol–water partition coefficient (Wildman–Crippen LogP) is 6.02. The summed E-state index contributed by atoms with van der Waals surface area (Å²) in [5, 5.41) is 11.8. The van der Waals surface area contributed by atoms with E-state index in [1.54, 1.807) is 36.4 Å². The fraction of sp³-hybridized carbons (Fsp3) is 0.0800. The van der Waals surface area contributed by atoms with E-state index in [4.69, 9.17) is 11.6 Å². The molecule has 5 rings (SSSR count). The molecule has 1 fully saturated rings. The van der Waals surface area contributed by atoms with E-state index in [0.29, 0.717) is 26.4 Å². The van der Waals surface area contributed by atoms with Gasteiger partial charge in [0.05, 0.1) is 21.8 Å². The summed E-state index contributed by atoms with van der Waals surface area (Å²) >= 11 is 7.30. The molecule has 3 aromatic carbocycles. The van der Waals surface area contributed by atoms with Crippen LogP contribution in [-0.4, -0.2) is 21.8 Å². The summed E-state index contributed by atoms with van der Waals surface area (Å²) in [6.45, 7) is 1.91. The number of Topliss-reactive ketones (excluding diaryl/α,β-unsaturated/α-hetero) is 1. The molecular formula is C25H16ClFN2O3S. The van der Waals surface area contributed by atoms with Crippen molar-refractivity contribution in [2.45, 2.75) is 13.0 Å². The highest BCUT2D eigenvalue weighted by Gasteiger charge is 2.48. The number of halogens is 2. The second-order valence-corrected chi connectivity index (χ2v) is 9.14. The minimum atomic E-state index is -0.949. The van der Waals surface area contributed by atoms with E-state index in [1.165, 1.54) is 23.1 Å². The Hall–Kier alpha value is -3.55. The van der Waals surface area contributed by atoms with Gasteiger partial charge in [-0.05, 0) is 42.8 Å². The third kappa shape index (κ3) is 3.69. The molecule has 2 heterocycles. The van der Waals surface area contributed by atoms with E-state index in [1.807, 2.05) is 19.1 Å². The molecule has 1 N–H and O–H groups in total. The summed E-state index contributed by atoms with van der Waals surface area (Å²) in [4.78, 5) is 32.1. The van der Waals surface area contributed by atoms with Crippen LogP contribution in [0.25, 0.3) is 16.0 Å². The van der Waals surface area contributed by atoms with Crippen LogP contribution in [0.3, 0.4) is 0 Å². The third-order valence-corrected chi connectivity index (χ3v) is 6.73. The number of fused-ring (bicyclic) bond motifs is 1. The number of thiazole rings is 1. The lowest BCUT2D eigenvalue weighted by molar-refractivity contribution is -0.132. The number of carbonyl (C=O) groups excluding carboxylic acids is 2. The number of nitrogens with zero attached hydrogens (tertiary/aromatic N) is 2. The van der Waals surface area contributed by atoms with Crippen LogP contribution >= 0.6 is 22.9 Å². The van der Waals surface area contributed by atoms with Gasteiger partial charge in [0, 0.05) is 10.6 Å². The molecule has 0 unspecified atom stereocenters. The molecule has 33 heavy (non-hydrogen) atoms. The Morgan fingerprint density at radius 3 is 2.58 bits per heavy atom. The van der Waals surface area contributed by atoms with Gasteiger partial charge in [-0.1, -0.05) is 64.9 Å². The van der Waals surface area contributed by atoms with E-state index < -0.39 is 23.5 Å². The molecular weight excluding hydrogens is 463 g/mol. The van der Waals surface area contributed by atoms with Gasteiger partial charge in [-0.25, -0.2) is 9.37 Å². The topological polar surface area (TPSA) is 70.5 Å². The zero-order valence-corrected chi connectivity index (χ0v) is 18.8. The molecule has 1 amide bonds. The van der Waals surface area contributed by atoms with Gasteiger partial charge in [-0.2, -0.15) is 0 Å². The Bertz CT molecular complexity index is 1460. The van der Waals surface area contributed by atoms with Crippen molar-refractivity contribution in [1.82, 2.24) is 4.98 Å². The molecule has 0 aliphatic carbocycles. The number of aliphatic hydroxyl groups is 1. The first-order valence-corrected chi connectivity index (χ1v) is 11.2. The van der Waals surface area contributed by atoms with Gasteiger partial charge >= 0.3 is 5.91 Å². The first-order valence-electron chi connectivity index (χ1n) is 10.0. The lowest BCUT2D eigenvalue weighted by atomic mass is 9.95. The zero-order chi connectivity index (χ0) is 23.3. The zero-order valence-electron chi connectivity index (χ0n) is 17.3. The second kappa shape index (κ2) is 8.10. The smallest absolute Gasteiger partial charge is 0.301 e. The molecule has 0 radical (unpaired) electrons. The van der Waals surface area contributed by atoms with Crippen LogP contribution in [0.4, 0.5) is 9.52 Å². The fourth-order valence-electron chi connectivity index (χ4n) is 3.88. The van der Waals surface area contributed by atoms with Crippen molar-refractivity contribution in [2.75, 3.05) is 4.90 Å². The number of aryl methyl sites for hydroxylation is 1. The first-order chi connectivity index (χ1) is 15.8. The summed E-state index contributed by atoms with van der Waals surface area (Å²) in [7, 11) is 0. The van der Waals surface area contributed by atoms with Crippen molar-refractivity contribution in [3.63, 3.8) is 0 Å². The number of amides is 1. The summed E-state index contributed by atoms with van der Waals surface area (Å²) in [5.41, 5.74) is 2.39. The van der Waals surface area contributed by atoms with E-state index in [0.717, 1.165) is 16.9 Å². The molecule has 8 heteroatoms. The van der Waals surface area contributed by atoms with Crippen LogP contribution in [-0.2, 0) is 9.59 Å². The average Bonchev–Trinajstić information content (AvgIpc) is 3.32.